The molecule has 3 aromatic rings. The van der Waals surface area contributed by atoms with Gasteiger partial charge in [0.2, 0.25) is 0 Å². The molecule has 10 nitrogen and oxygen atoms in total. The Labute approximate surface area is 192 Å². The zero-order valence-electron chi connectivity index (χ0n) is 17.7. The van der Waals surface area contributed by atoms with Gasteiger partial charge in [0.25, 0.3) is 17.4 Å². The number of ketones is 1. The molecule has 0 unspecified atom stereocenters. The summed E-state index contributed by atoms with van der Waals surface area (Å²) >= 11 is 0. The number of rotatable bonds is 5. The number of nitrogens with zero attached hydrogens (tertiary/aromatic N) is 2. The molecule has 1 amide bonds. The molecule has 172 valence electrons. The van der Waals surface area contributed by atoms with Gasteiger partial charge in [-0.25, -0.2) is 0 Å². The summed E-state index contributed by atoms with van der Waals surface area (Å²) in [6.45, 7) is 0.709. The van der Waals surface area contributed by atoms with E-state index < -0.39 is 22.7 Å². The number of likely N-dealkylation sites (tertiary alicyclic amines) is 1. The zero-order valence-corrected chi connectivity index (χ0v) is 17.7. The minimum absolute atomic E-state index is 0.0306. The number of hydrogen-bond acceptors (Lipinski definition) is 8. The Kier molecular flexibility index (Phi) is 5.25. The maximum atomic E-state index is 13.1. The summed E-state index contributed by atoms with van der Waals surface area (Å²) < 4.78 is 16.4. The average molecular weight is 462 g/mol. The van der Waals surface area contributed by atoms with E-state index in [9.17, 15) is 24.8 Å². The number of fused-ring (bicyclic) bond motifs is 1. The molecule has 10 heteroatoms. The minimum atomic E-state index is -0.987. The standard InChI is InChI=1S/C24H18N2O8/c27-22(15-5-8-18-19(12-15)34-11-10-33-18)20-21(14-3-6-16(7-4-14)26(30)31)25(24(29)23(20)28)13-17-2-1-9-32-17/h1-9,12,21,27H,10-11,13H2/t21-/m0/s1. The van der Waals surface area contributed by atoms with Crippen LogP contribution in [0.1, 0.15) is 22.9 Å². The van der Waals surface area contributed by atoms with Crippen LogP contribution < -0.4 is 9.47 Å². The molecule has 2 aliphatic rings. The number of amides is 1. The lowest BCUT2D eigenvalue weighted by Crippen LogP contribution is -2.29. The van der Waals surface area contributed by atoms with Gasteiger partial charge >= 0.3 is 0 Å². The summed E-state index contributed by atoms with van der Waals surface area (Å²) in [5.74, 6) is -0.727. The Morgan fingerprint density at radius 2 is 1.79 bits per heavy atom. The second-order valence-electron chi connectivity index (χ2n) is 7.71. The number of non-ortho nitro benzene ring substituents is 1. The van der Waals surface area contributed by atoms with E-state index in [4.69, 9.17) is 13.9 Å². The first-order valence-corrected chi connectivity index (χ1v) is 10.4. The molecule has 1 N–H and O–H groups in total. The molecule has 34 heavy (non-hydrogen) atoms. The van der Waals surface area contributed by atoms with Gasteiger partial charge < -0.3 is 23.9 Å². The van der Waals surface area contributed by atoms with Crippen LogP contribution in [-0.4, -0.2) is 39.8 Å². The average Bonchev–Trinajstić information content (AvgIpc) is 3.46. The molecule has 0 spiro atoms. The molecule has 1 aromatic heterocycles. The third-order valence-electron chi connectivity index (χ3n) is 5.68. The molecular weight excluding hydrogens is 444 g/mol. The molecule has 0 saturated carbocycles. The molecule has 0 bridgehead atoms. The number of benzene rings is 2. The van der Waals surface area contributed by atoms with E-state index in [1.165, 1.54) is 41.5 Å². The predicted molar refractivity (Wildman–Crippen MR) is 117 cm³/mol. The van der Waals surface area contributed by atoms with Crippen LogP contribution in [0.4, 0.5) is 5.69 Å². The summed E-state index contributed by atoms with van der Waals surface area (Å²) in [4.78, 5) is 37.9. The van der Waals surface area contributed by atoms with Crippen molar-refractivity contribution in [3.63, 3.8) is 0 Å². The van der Waals surface area contributed by atoms with E-state index in [0.717, 1.165) is 0 Å². The van der Waals surface area contributed by atoms with Crippen molar-refractivity contribution < 1.29 is 33.5 Å². The van der Waals surface area contributed by atoms with Crippen LogP contribution >= 0.6 is 0 Å². The monoisotopic (exact) mass is 462 g/mol. The van der Waals surface area contributed by atoms with Crippen LogP contribution in [0.15, 0.2) is 70.9 Å². The molecule has 2 aliphatic heterocycles. The highest BCUT2D eigenvalue weighted by atomic mass is 16.6. The topological polar surface area (TPSA) is 132 Å². The molecule has 3 heterocycles. The van der Waals surface area contributed by atoms with Gasteiger partial charge in [0.15, 0.2) is 11.5 Å². The molecule has 0 radical (unpaired) electrons. The molecule has 5 rings (SSSR count). The molecule has 1 saturated heterocycles. The smallest absolute Gasteiger partial charge is 0.296 e. The van der Waals surface area contributed by atoms with Crippen LogP contribution in [0.25, 0.3) is 5.76 Å². The van der Waals surface area contributed by atoms with Gasteiger partial charge in [0.1, 0.15) is 24.7 Å². The number of ether oxygens (including phenoxy) is 2. The van der Waals surface area contributed by atoms with Gasteiger partial charge in [0, 0.05) is 17.7 Å². The van der Waals surface area contributed by atoms with Crippen LogP contribution in [-0.2, 0) is 16.1 Å². The molecule has 1 fully saturated rings. The van der Waals surface area contributed by atoms with Gasteiger partial charge in [-0.2, -0.15) is 0 Å². The Morgan fingerprint density at radius 1 is 1.06 bits per heavy atom. The third-order valence-corrected chi connectivity index (χ3v) is 5.68. The van der Waals surface area contributed by atoms with E-state index in [0.29, 0.717) is 36.0 Å². The molecule has 1 atom stereocenters. The SMILES string of the molecule is O=C1C(=O)N(Cc2ccco2)[C@@H](c2ccc([N+](=O)[O-])cc2)C1=C(O)c1ccc2c(c1)OCCO2. The highest BCUT2D eigenvalue weighted by Gasteiger charge is 2.46. The highest BCUT2D eigenvalue weighted by Crippen LogP contribution is 2.42. The lowest BCUT2D eigenvalue weighted by Gasteiger charge is -2.24. The fraction of sp³-hybridized carbons (Fsp3) is 0.167. The van der Waals surface area contributed by atoms with Crippen LogP contribution in [0.2, 0.25) is 0 Å². The summed E-state index contributed by atoms with van der Waals surface area (Å²) in [5, 5.41) is 22.3. The van der Waals surface area contributed by atoms with Crippen molar-refractivity contribution in [1.82, 2.24) is 4.90 Å². The molecule has 0 aliphatic carbocycles. The lowest BCUT2D eigenvalue weighted by molar-refractivity contribution is -0.384. The number of nitro benzene ring substituents is 1. The van der Waals surface area contributed by atoms with Gasteiger partial charge in [0.05, 0.1) is 29.3 Å². The summed E-state index contributed by atoms with van der Waals surface area (Å²) in [6.07, 6.45) is 1.45. The van der Waals surface area contributed by atoms with Crippen molar-refractivity contribution >= 4 is 23.1 Å². The van der Waals surface area contributed by atoms with E-state index in [1.54, 1.807) is 24.3 Å². The first-order chi connectivity index (χ1) is 16.4. The van der Waals surface area contributed by atoms with Crippen molar-refractivity contribution in [2.45, 2.75) is 12.6 Å². The Balaban J connectivity index is 1.63. The first-order valence-electron chi connectivity index (χ1n) is 10.4. The highest BCUT2D eigenvalue weighted by molar-refractivity contribution is 6.46. The second kappa shape index (κ2) is 8.39. The third kappa shape index (κ3) is 3.64. The Hall–Kier alpha value is -4.60. The van der Waals surface area contributed by atoms with E-state index in [-0.39, 0.29) is 29.1 Å². The number of furan rings is 1. The Bertz CT molecular complexity index is 1310. The fourth-order valence-electron chi connectivity index (χ4n) is 4.08. The number of Topliss-reactive ketones (excluding diaryl/α,β-unsaturated/α-hetero) is 1. The van der Waals surface area contributed by atoms with Gasteiger partial charge in [-0.1, -0.05) is 0 Å². The maximum absolute atomic E-state index is 13.1. The predicted octanol–water partition coefficient (Wildman–Crippen LogP) is 3.58. The lowest BCUT2D eigenvalue weighted by atomic mass is 9.95. The first kappa shape index (κ1) is 21.3. The second-order valence-corrected chi connectivity index (χ2v) is 7.71. The van der Waals surface area contributed by atoms with Crippen molar-refractivity contribution in [2.75, 3.05) is 13.2 Å². The zero-order chi connectivity index (χ0) is 23.8. The van der Waals surface area contributed by atoms with Crippen molar-refractivity contribution in [3.8, 4) is 11.5 Å². The van der Waals surface area contributed by atoms with Crippen LogP contribution in [0.3, 0.4) is 0 Å². The summed E-state index contributed by atoms with van der Waals surface area (Å²) in [7, 11) is 0. The van der Waals surface area contributed by atoms with Crippen LogP contribution in [0.5, 0.6) is 11.5 Å². The fourth-order valence-corrected chi connectivity index (χ4v) is 4.08. The number of aliphatic hydroxyl groups excluding tert-OH is 1. The number of aliphatic hydroxyl groups is 1. The Morgan fingerprint density at radius 3 is 2.47 bits per heavy atom. The van der Waals surface area contributed by atoms with Crippen molar-refractivity contribution in [3.05, 3.63) is 93.4 Å². The minimum Gasteiger partial charge on any atom is -0.507 e. The van der Waals surface area contributed by atoms with E-state index in [1.807, 2.05) is 0 Å². The quantitative estimate of drug-likeness (QED) is 0.200. The van der Waals surface area contributed by atoms with Gasteiger partial charge in [-0.3, -0.25) is 19.7 Å². The van der Waals surface area contributed by atoms with Gasteiger partial charge in [-0.05, 0) is 48.0 Å². The van der Waals surface area contributed by atoms with Crippen molar-refractivity contribution in [1.29, 1.82) is 0 Å². The number of hydrogen-bond donors (Lipinski definition) is 1. The number of carbonyl (C=O) groups excluding carboxylic acids is 2. The largest absolute Gasteiger partial charge is 0.507 e. The van der Waals surface area contributed by atoms with E-state index >= 15 is 0 Å². The van der Waals surface area contributed by atoms with Gasteiger partial charge in [-0.15, -0.1) is 0 Å². The van der Waals surface area contributed by atoms with Crippen LogP contribution in [0, 0.1) is 10.1 Å². The summed E-state index contributed by atoms with van der Waals surface area (Å²) in [5.41, 5.74) is 0.420. The molecular formula is C24H18N2O8. The van der Waals surface area contributed by atoms with Crippen molar-refractivity contribution in [2.24, 2.45) is 0 Å². The maximum Gasteiger partial charge on any atom is 0.296 e. The number of nitro groups is 1. The normalized spacial score (nSPS) is 18.8. The summed E-state index contributed by atoms with van der Waals surface area (Å²) in [6, 6.07) is 12.5. The van der Waals surface area contributed by atoms with E-state index in [2.05, 4.69) is 0 Å². The number of carbonyl (C=O) groups is 2. The molecule has 2 aromatic carbocycles.